The lowest BCUT2D eigenvalue weighted by Crippen LogP contribution is -2.25. The Morgan fingerprint density at radius 2 is 2.18 bits per heavy atom. The van der Waals surface area contributed by atoms with E-state index in [2.05, 4.69) is 15.7 Å². The topological polar surface area (TPSA) is 89.2 Å². The second-order valence-electron chi connectivity index (χ2n) is 5.14. The van der Waals surface area contributed by atoms with Gasteiger partial charge in [-0.2, -0.15) is 5.10 Å². The summed E-state index contributed by atoms with van der Waals surface area (Å²) in [6.45, 7) is 4.40. The van der Waals surface area contributed by atoms with E-state index in [1.54, 1.807) is 29.1 Å². The van der Waals surface area contributed by atoms with E-state index < -0.39 is 0 Å². The molecule has 22 heavy (non-hydrogen) atoms. The van der Waals surface area contributed by atoms with Crippen LogP contribution in [0.5, 0.6) is 0 Å². The van der Waals surface area contributed by atoms with Gasteiger partial charge in [0, 0.05) is 25.1 Å². The number of furan rings is 1. The zero-order valence-electron chi connectivity index (χ0n) is 12.7. The number of rotatable bonds is 7. The lowest BCUT2D eigenvalue weighted by molar-refractivity contribution is -0.116. The Kier molecular flexibility index (Phi) is 5.35. The van der Waals surface area contributed by atoms with Gasteiger partial charge in [0.05, 0.1) is 12.5 Å². The molecule has 0 aliphatic carbocycles. The van der Waals surface area contributed by atoms with Gasteiger partial charge in [-0.1, -0.05) is 0 Å². The number of carbonyl (C=O) groups is 2. The smallest absolute Gasteiger partial charge is 0.286 e. The molecule has 7 heteroatoms. The minimum atomic E-state index is -0.275. The van der Waals surface area contributed by atoms with Gasteiger partial charge in [0.2, 0.25) is 5.91 Å². The lowest BCUT2D eigenvalue weighted by atomic mass is 10.3. The van der Waals surface area contributed by atoms with Crippen molar-refractivity contribution in [3.05, 3.63) is 36.4 Å². The molecule has 0 atom stereocenters. The first-order valence-electron chi connectivity index (χ1n) is 7.23. The molecule has 0 fully saturated rings. The van der Waals surface area contributed by atoms with Gasteiger partial charge >= 0.3 is 0 Å². The van der Waals surface area contributed by atoms with E-state index in [0.717, 1.165) is 0 Å². The molecule has 2 heterocycles. The molecule has 2 aromatic rings. The fourth-order valence-electron chi connectivity index (χ4n) is 1.98. The average Bonchev–Trinajstić information content (AvgIpc) is 3.14. The number of amides is 2. The first-order valence-corrected chi connectivity index (χ1v) is 7.23. The van der Waals surface area contributed by atoms with Crippen LogP contribution in [0.2, 0.25) is 0 Å². The summed E-state index contributed by atoms with van der Waals surface area (Å²) in [5, 5.41) is 9.67. The van der Waals surface area contributed by atoms with Crippen molar-refractivity contribution in [2.24, 2.45) is 0 Å². The molecular weight excluding hydrogens is 284 g/mol. The number of nitrogens with one attached hydrogen (secondary N) is 2. The molecule has 7 nitrogen and oxygen atoms in total. The van der Waals surface area contributed by atoms with Crippen LogP contribution >= 0.6 is 0 Å². The van der Waals surface area contributed by atoms with Crippen molar-refractivity contribution < 1.29 is 14.0 Å². The van der Waals surface area contributed by atoms with Crippen LogP contribution in [-0.4, -0.2) is 28.1 Å². The monoisotopic (exact) mass is 304 g/mol. The second kappa shape index (κ2) is 7.44. The van der Waals surface area contributed by atoms with Crippen molar-refractivity contribution >= 4 is 17.6 Å². The standard InChI is InChI=1S/C15H20N4O3/c1-11(2)19-13(7-9-17-19)18-14(20)6-3-8-16-15(21)12-5-4-10-22-12/h4-5,7,9-11H,3,6,8H2,1-2H3,(H,16,21)(H,18,20). The van der Waals surface area contributed by atoms with Gasteiger partial charge in [0.1, 0.15) is 5.82 Å². The molecular formula is C15H20N4O3. The van der Waals surface area contributed by atoms with E-state index in [0.29, 0.717) is 25.2 Å². The molecule has 0 saturated carbocycles. The Labute approximate surface area is 128 Å². The molecule has 118 valence electrons. The summed E-state index contributed by atoms with van der Waals surface area (Å²) in [6.07, 6.45) is 3.97. The van der Waals surface area contributed by atoms with E-state index in [4.69, 9.17) is 4.42 Å². The predicted octanol–water partition coefficient (Wildman–Crippen LogP) is 2.21. The van der Waals surface area contributed by atoms with Crippen LogP contribution in [0.1, 0.15) is 43.3 Å². The third-order valence-corrected chi connectivity index (χ3v) is 3.04. The van der Waals surface area contributed by atoms with Gasteiger partial charge in [-0.25, -0.2) is 4.68 Å². The van der Waals surface area contributed by atoms with Crippen LogP contribution in [0, 0.1) is 0 Å². The summed E-state index contributed by atoms with van der Waals surface area (Å²) in [5.74, 6) is 0.572. The van der Waals surface area contributed by atoms with Crippen LogP contribution < -0.4 is 10.6 Å². The Morgan fingerprint density at radius 1 is 1.36 bits per heavy atom. The Bertz CT molecular complexity index is 617. The second-order valence-corrected chi connectivity index (χ2v) is 5.14. The molecule has 0 aliphatic heterocycles. The molecule has 0 radical (unpaired) electrons. The summed E-state index contributed by atoms with van der Waals surface area (Å²) < 4.78 is 6.72. The highest BCUT2D eigenvalue weighted by atomic mass is 16.3. The van der Waals surface area contributed by atoms with Crippen molar-refractivity contribution in [1.29, 1.82) is 0 Å². The molecule has 2 rings (SSSR count). The van der Waals surface area contributed by atoms with Gasteiger partial charge < -0.3 is 15.1 Å². The number of aromatic nitrogens is 2. The Morgan fingerprint density at radius 3 is 2.86 bits per heavy atom. The number of hydrogen-bond donors (Lipinski definition) is 2. The zero-order chi connectivity index (χ0) is 15.9. The van der Waals surface area contributed by atoms with E-state index in [1.807, 2.05) is 13.8 Å². The maximum atomic E-state index is 11.9. The fraction of sp³-hybridized carbons (Fsp3) is 0.400. The van der Waals surface area contributed by atoms with Gasteiger partial charge in [-0.15, -0.1) is 0 Å². The number of nitrogens with zero attached hydrogens (tertiary/aromatic N) is 2. The van der Waals surface area contributed by atoms with Crippen LogP contribution in [0.3, 0.4) is 0 Å². The molecule has 0 unspecified atom stereocenters. The maximum Gasteiger partial charge on any atom is 0.286 e. The van der Waals surface area contributed by atoms with Crippen molar-refractivity contribution in [3.63, 3.8) is 0 Å². The SMILES string of the molecule is CC(C)n1nccc1NC(=O)CCCNC(=O)c1ccco1. The van der Waals surface area contributed by atoms with Crippen molar-refractivity contribution in [2.75, 3.05) is 11.9 Å². The zero-order valence-corrected chi connectivity index (χ0v) is 12.7. The molecule has 0 spiro atoms. The number of carbonyl (C=O) groups excluding carboxylic acids is 2. The quantitative estimate of drug-likeness (QED) is 0.767. The maximum absolute atomic E-state index is 11.9. The molecule has 2 aromatic heterocycles. The Hall–Kier alpha value is -2.57. The first kappa shape index (κ1) is 15.8. The molecule has 2 amide bonds. The van der Waals surface area contributed by atoms with Gasteiger partial charge in [-0.05, 0) is 32.4 Å². The van der Waals surface area contributed by atoms with Crippen LogP contribution in [0.4, 0.5) is 5.82 Å². The van der Waals surface area contributed by atoms with Crippen molar-refractivity contribution in [2.45, 2.75) is 32.7 Å². The van der Waals surface area contributed by atoms with Gasteiger partial charge in [0.15, 0.2) is 5.76 Å². The predicted molar refractivity (Wildman–Crippen MR) is 81.5 cm³/mol. The largest absolute Gasteiger partial charge is 0.459 e. The summed E-state index contributed by atoms with van der Waals surface area (Å²) >= 11 is 0. The number of anilines is 1. The molecule has 0 bridgehead atoms. The Balaban J connectivity index is 1.70. The van der Waals surface area contributed by atoms with Crippen molar-refractivity contribution in [1.82, 2.24) is 15.1 Å². The average molecular weight is 304 g/mol. The molecule has 0 aromatic carbocycles. The third-order valence-electron chi connectivity index (χ3n) is 3.04. The van der Waals surface area contributed by atoms with Gasteiger partial charge in [0.25, 0.3) is 5.91 Å². The highest BCUT2D eigenvalue weighted by Crippen LogP contribution is 2.13. The van der Waals surface area contributed by atoms with Crippen LogP contribution in [0.15, 0.2) is 35.1 Å². The minimum Gasteiger partial charge on any atom is -0.459 e. The molecule has 0 aliphatic rings. The number of hydrogen-bond acceptors (Lipinski definition) is 4. The van der Waals surface area contributed by atoms with E-state index in [9.17, 15) is 9.59 Å². The first-order chi connectivity index (χ1) is 10.6. The van der Waals surface area contributed by atoms with E-state index in [-0.39, 0.29) is 23.6 Å². The van der Waals surface area contributed by atoms with Crippen molar-refractivity contribution in [3.8, 4) is 0 Å². The fourth-order valence-corrected chi connectivity index (χ4v) is 1.98. The highest BCUT2D eigenvalue weighted by Gasteiger charge is 2.10. The molecule has 0 saturated heterocycles. The van der Waals surface area contributed by atoms with Crippen LogP contribution in [-0.2, 0) is 4.79 Å². The van der Waals surface area contributed by atoms with E-state index >= 15 is 0 Å². The normalized spacial score (nSPS) is 10.7. The highest BCUT2D eigenvalue weighted by molar-refractivity contribution is 5.91. The summed E-state index contributed by atoms with van der Waals surface area (Å²) in [6, 6.07) is 5.18. The molecule has 2 N–H and O–H groups in total. The van der Waals surface area contributed by atoms with Gasteiger partial charge in [-0.3, -0.25) is 9.59 Å². The summed E-state index contributed by atoms with van der Waals surface area (Å²) in [7, 11) is 0. The summed E-state index contributed by atoms with van der Waals surface area (Å²) in [5.41, 5.74) is 0. The third kappa shape index (κ3) is 4.21. The van der Waals surface area contributed by atoms with E-state index in [1.165, 1.54) is 6.26 Å². The van der Waals surface area contributed by atoms with Crippen LogP contribution in [0.25, 0.3) is 0 Å². The minimum absolute atomic E-state index is 0.102. The lowest BCUT2D eigenvalue weighted by Gasteiger charge is -2.11. The summed E-state index contributed by atoms with van der Waals surface area (Å²) in [4.78, 5) is 23.5.